The van der Waals surface area contributed by atoms with Crippen LogP contribution in [0.5, 0.6) is 0 Å². The van der Waals surface area contributed by atoms with Crippen LogP contribution in [0.3, 0.4) is 0 Å². The Morgan fingerprint density at radius 1 is 1.05 bits per heavy atom. The second kappa shape index (κ2) is 5.40. The quantitative estimate of drug-likeness (QED) is 0.925. The van der Waals surface area contributed by atoms with E-state index >= 15 is 0 Å². The molecule has 2 rings (SSSR count). The molecule has 0 fully saturated rings. The molecule has 0 bridgehead atoms. The van der Waals surface area contributed by atoms with E-state index in [-0.39, 0.29) is 5.56 Å². The number of hydrogen-bond donors (Lipinski definition) is 1. The average Bonchev–Trinajstić information content (AvgIpc) is 2.38. The number of benzene rings is 1. The van der Waals surface area contributed by atoms with Crippen molar-refractivity contribution in [3.63, 3.8) is 0 Å². The number of halogens is 2. The van der Waals surface area contributed by atoms with Gasteiger partial charge in [-0.25, -0.2) is 8.78 Å². The lowest BCUT2D eigenvalue weighted by molar-refractivity contribution is 0.555. The maximum absolute atomic E-state index is 13.9. The van der Waals surface area contributed by atoms with Gasteiger partial charge in [0.1, 0.15) is 11.6 Å². The van der Waals surface area contributed by atoms with E-state index in [1.54, 1.807) is 14.0 Å². The van der Waals surface area contributed by atoms with Gasteiger partial charge in [0.2, 0.25) is 0 Å². The molecule has 1 N–H and O–H groups in total. The normalized spacial score (nSPS) is 12.5. The number of aromatic nitrogens is 2. The van der Waals surface area contributed by atoms with Gasteiger partial charge in [-0.3, -0.25) is 0 Å². The summed E-state index contributed by atoms with van der Waals surface area (Å²) in [6.45, 7) is 3.61. The number of aryl methyl sites for hydroxylation is 2. The van der Waals surface area contributed by atoms with Crippen LogP contribution in [0, 0.1) is 25.5 Å². The summed E-state index contributed by atoms with van der Waals surface area (Å²) >= 11 is 0. The lowest BCUT2D eigenvalue weighted by Gasteiger charge is -2.19. The first-order valence-electron chi connectivity index (χ1n) is 5.96. The van der Waals surface area contributed by atoms with E-state index in [1.807, 2.05) is 13.0 Å². The third kappa shape index (κ3) is 2.76. The Balaban J connectivity index is 2.55. The van der Waals surface area contributed by atoms with Gasteiger partial charge in [0.25, 0.3) is 0 Å². The van der Waals surface area contributed by atoms with E-state index in [1.165, 1.54) is 6.07 Å². The maximum Gasteiger partial charge on any atom is 0.128 e. The first-order chi connectivity index (χ1) is 9.02. The van der Waals surface area contributed by atoms with Crippen molar-refractivity contribution in [2.45, 2.75) is 19.9 Å². The van der Waals surface area contributed by atoms with Gasteiger partial charge in [0.15, 0.2) is 0 Å². The zero-order chi connectivity index (χ0) is 14.0. The Kier molecular flexibility index (Phi) is 3.85. The zero-order valence-corrected chi connectivity index (χ0v) is 11.0. The van der Waals surface area contributed by atoms with E-state index in [4.69, 9.17) is 0 Å². The largest absolute Gasteiger partial charge is 0.309 e. The van der Waals surface area contributed by atoms with E-state index in [0.717, 1.165) is 23.4 Å². The second-order valence-electron chi connectivity index (χ2n) is 4.41. The minimum atomic E-state index is -0.465. The van der Waals surface area contributed by atoms with Gasteiger partial charge in [-0.15, -0.1) is 0 Å². The predicted molar refractivity (Wildman–Crippen MR) is 68.8 cm³/mol. The highest BCUT2D eigenvalue weighted by Crippen LogP contribution is 2.26. The van der Waals surface area contributed by atoms with Crippen LogP contribution in [-0.2, 0) is 0 Å². The summed E-state index contributed by atoms with van der Waals surface area (Å²) in [5.41, 5.74) is 2.48. The lowest BCUT2D eigenvalue weighted by atomic mass is 9.97. The molecule has 0 aliphatic carbocycles. The van der Waals surface area contributed by atoms with Crippen LogP contribution >= 0.6 is 0 Å². The summed E-state index contributed by atoms with van der Waals surface area (Å²) in [5, 5.41) is 11.0. The molecule has 1 aromatic carbocycles. The first-order valence-corrected chi connectivity index (χ1v) is 5.96. The van der Waals surface area contributed by atoms with E-state index in [0.29, 0.717) is 5.69 Å². The number of hydrogen-bond acceptors (Lipinski definition) is 3. The molecule has 0 aliphatic rings. The van der Waals surface area contributed by atoms with Crippen molar-refractivity contribution in [3.05, 3.63) is 58.4 Å². The fraction of sp³-hybridized carbons (Fsp3) is 0.286. The van der Waals surface area contributed by atoms with Gasteiger partial charge in [0, 0.05) is 5.56 Å². The summed E-state index contributed by atoms with van der Waals surface area (Å²) < 4.78 is 27.2. The van der Waals surface area contributed by atoms with Gasteiger partial charge in [-0.05, 0) is 50.7 Å². The van der Waals surface area contributed by atoms with Gasteiger partial charge >= 0.3 is 0 Å². The molecular formula is C14H15F2N3. The van der Waals surface area contributed by atoms with Crippen molar-refractivity contribution in [1.82, 2.24) is 15.5 Å². The molecule has 0 aliphatic heterocycles. The van der Waals surface area contributed by atoms with Crippen LogP contribution in [-0.4, -0.2) is 17.2 Å². The average molecular weight is 263 g/mol. The highest BCUT2D eigenvalue weighted by Gasteiger charge is 2.19. The summed E-state index contributed by atoms with van der Waals surface area (Å²) in [6, 6.07) is 4.81. The molecule has 0 spiro atoms. The topological polar surface area (TPSA) is 37.8 Å². The molecule has 1 heterocycles. The molecule has 100 valence electrons. The molecule has 0 amide bonds. The van der Waals surface area contributed by atoms with Gasteiger partial charge in [-0.2, -0.15) is 10.2 Å². The van der Waals surface area contributed by atoms with Crippen molar-refractivity contribution in [1.29, 1.82) is 0 Å². The summed E-state index contributed by atoms with van der Waals surface area (Å²) in [6.07, 6.45) is 0. The van der Waals surface area contributed by atoms with Crippen LogP contribution in [0.2, 0.25) is 0 Å². The molecular weight excluding hydrogens is 248 g/mol. The lowest BCUT2D eigenvalue weighted by Crippen LogP contribution is -2.21. The van der Waals surface area contributed by atoms with Crippen LogP contribution in [0.4, 0.5) is 8.78 Å². The standard InChI is InChI=1S/C14H15F2N3/c1-8-6-11(9(2)19-18-8)14(17-3)12-7-10(15)4-5-13(12)16/h4-7,14,17H,1-3H3. The van der Waals surface area contributed by atoms with E-state index in [2.05, 4.69) is 15.5 Å². The molecule has 2 aromatic rings. The fourth-order valence-electron chi connectivity index (χ4n) is 2.08. The third-order valence-electron chi connectivity index (χ3n) is 3.01. The maximum atomic E-state index is 13.9. The van der Waals surface area contributed by atoms with Crippen molar-refractivity contribution in [2.75, 3.05) is 7.05 Å². The Morgan fingerprint density at radius 2 is 1.79 bits per heavy atom. The Morgan fingerprint density at radius 3 is 2.47 bits per heavy atom. The summed E-state index contributed by atoms with van der Waals surface area (Å²) in [5.74, 6) is -0.914. The first kappa shape index (κ1) is 13.5. The molecule has 1 unspecified atom stereocenters. The van der Waals surface area contributed by atoms with Gasteiger partial charge in [-0.1, -0.05) is 0 Å². The van der Waals surface area contributed by atoms with E-state index in [9.17, 15) is 8.78 Å². The highest BCUT2D eigenvalue weighted by molar-refractivity contribution is 5.35. The molecule has 1 aromatic heterocycles. The summed E-state index contributed by atoms with van der Waals surface area (Å²) in [4.78, 5) is 0. The number of nitrogens with one attached hydrogen (secondary N) is 1. The minimum absolute atomic E-state index is 0.262. The number of rotatable bonds is 3. The van der Waals surface area contributed by atoms with Crippen LogP contribution in [0.1, 0.15) is 28.6 Å². The molecule has 0 saturated heterocycles. The monoisotopic (exact) mass is 263 g/mol. The molecule has 0 radical (unpaired) electrons. The van der Waals surface area contributed by atoms with E-state index < -0.39 is 17.7 Å². The van der Waals surface area contributed by atoms with Crippen molar-refractivity contribution in [3.8, 4) is 0 Å². The van der Waals surface area contributed by atoms with Crippen molar-refractivity contribution in [2.24, 2.45) is 0 Å². The van der Waals surface area contributed by atoms with Crippen molar-refractivity contribution >= 4 is 0 Å². The fourth-order valence-corrected chi connectivity index (χ4v) is 2.08. The highest BCUT2D eigenvalue weighted by atomic mass is 19.1. The van der Waals surface area contributed by atoms with Crippen LogP contribution < -0.4 is 5.32 Å². The van der Waals surface area contributed by atoms with Gasteiger partial charge < -0.3 is 5.32 Å². The molecule has 19 heavy (non-hydrogen) atoms. The smallest absolute Gasteiger partial charge is 0.128 e. The zero-order valence-electron chi connectivity index (χ0n) is 11.0. The molecule has 0 saturated carbocycles. The van der Waals surface area contributed by atoms with Crippen molar-refractivity contribution < 1.29 is 8.78 Å². The van der Waals surface area contributed by atoms with Crippen LogP contribution in [0.25, 0.3) is 0 Å². The third-order valence-corrected chi connectivity index (χ3v) is 3.01. The Hall–Kier alpha value is -1.88. The Labute approximate surface area is 110 Å². The molecule has 5 heteroatoms. The SMILES string of the molecule is CNC(c1cc(F)ccc1F)c1cc(C)nnc1C. The number of nitrogens with zero attached hydrogens (tertiary/aromatic N) is 2. The summed E-state index contributed by atoms with van der Waals surface area (Å²) in [7, 11) is 1.70. The van der Waals surface area contributed by atoms with Gasteiger partial charge in [0.05, 0.1) is 17.4 Å². The Bertz CT molecular complexity index is 548. The molecule has 3 nitrogen and oxygen atoms in total. The minimum Gasteiger partial charge on any atom is -0.309 e. The van der Waals surface area contributed by atoms with Crippen LogP contribution in [0.15, 0.2) is 24.3 Å². The second-order valence-corrected chi connectivity index (χ2v) is 4.41. The predicted octanol–water partition coefficient (Wildman–Crippen LogP) is 2.68. The molecule has 1 atom stereocenters.